The molecule has 1 nitrogen and oxygen atoms in total. The Morgan fingerprint density at radius 3 is 2.20 bits per heavy atom. The minimum absolute atomic E-state index is 0.0836. The largest absolute Gasteiger partial charge is 0.407 e. The summed E-state index contributed by atoms with van der Waals surface area (Å²) in [5.41, 5.74) is 5.33. The molecule has 4 heteroatoms. The van der Waals surface area contributed by atoms with Crippen LogP contribution in [0.4, 0.5) is 13.2 Å². The molecule has 1 atom stereocenters. The zero-order valence-electron chi connectivity index (χ0n) is 10.5. The van der Waals surface area contributed by atoms with Gasteiger partial charge in [0.2, 0.25) is 0 Å². The first-order chi connectivity index (χ1) is 9.47. The third-order valence-electron chi connectivity index (χ3n) is 3.48. The second kappa shape index (κ2) is 4.49. The van der Waals surface area contributed by atoms with E-state index in [4.69, 9.17) is 5.73 Å². The molecular formula is C16H12F3N. The van der Waals surface area contributed by atoms with Crippen LogP contribution in [0.3, 0.4) is 0 Å². The minimum Gasteiger partial charge on any atom is -0.316 e. The van der Waals surface area contributed by atoms with Gasteiger partial charge in [0, 0.05) is 0 Å². The van der Waals surface area contributed by atoms with Crippen molar-refractivity contribution in [1.29, 1.82) is 0 Å². The second-order valence-electron chi connectivity index (χ2n) is 4.79. The molecule has 0 fully saturated rings. The predicted octanol–water partition coefficient (Wildman–Crippen LogP) is 4.56. The number of hydrogen-bond acceptors (Lipinski definition) is 1. The molecule has 0 unspecified atom stereocenters. The van der Waals surface area contributed by atoms with Gasteiger partial charge in [0.1, 0.15) is 6.04 Å². The zero-order valence-corrected chi connectivity index (χ0v) is 10.5. The minimum atomic E-state index is -4.43. The fourth-order valence-electron chi connectivity index (χ4n) is 2.41. The van der Waals surface area contributed by atoms with Crippen LogP contribution in [0.2, 0.25) is 0 Å². The van der Waals surface area contributed by atoms with Gasteiger partial charge >= 0.3 is 6.18 Å². The van der Waals surface area contributed by atoms with Crippen molar-refractivity contribution >= 4 is 21.5 Å². The van der Waals surface area contributed by atoms with E-state index < -0.39 is 12.2 Å². The van der Waals surface area contributed by atoms with E-state index in [2.05, 4.69) is 0 Å². The molecular weight excluding hydrogens is 263 g/mol. The van der Waals surface area contributed by atoms with Gasteiger partial charge in [-0.2, -0.15) is 13.2 Å². The van der Waals surface area contributed by atoms with Gasteiger partial charge in [0.25, 0.3) is 0 Å². The third-order valence-corrected chi connectivity index (χ3v) is 3.48. The van der Waals surface area contributed by atoms with Crippen molar-refractivity contribution in [2.75, 3.05) is 0 Å². The maximum atomic E-state index is 12.7. The van der Waals surface area contributed by atoms with E-state index in [0.29, 0.717) is 0 Å². The predicted molar refractivity (Wildman–Crippen MR) is 74.4 cm³/mol. The molecule has 0 heterocycles. The average molecular weight is 275 g/mol. The molecule has 0 spiro atoms. The smallest absolute Gasteiger partial charge is 0.316 e. The molecule has 0 amide bonds. The lowest BCUT2D eigenvalue weighted by Crippen LogP contribution is -2.28. The summed E-state index contributed by atoms with van der Waals surface area (Å²) in [7, 11) is 0. The Labute approximate surface area is 113 Å². The van der Waals surface area contributed by atoms with Gasteiger partial charge in [-0.05, 0) is 33.2 Å². The van der Waals surface area contributed by atoms with Crippen molar-refractivity contribution in [1.82, 2.24) is 0 Å². The Morgan fingerprint density at radius 2 is 1.45 bits per heavy atom. The highest BCUT2D eigenvalue weighted by Crippen LogP contribution is 2.33. The Morgan fingerprint density at radius 1 is 0.800 bits per heavy atom. The van der Waals surface area contributed by atoms with Crippen LogP contribution < -0.4 is 5.73 Å². The highest BCUT2D eigenvalue weighted by Gasteiger charge is 2.37. The van der Waals surface area contributed by atoms with Gasteiger partial charge in [0.05, 0.1) is 0 Å². The van der Waals surface area contributed by atoms with Crippen LogP contribution in [-0.4, -0.2) is 6.18 Å². The van der Waals surface area contributed by atoms with Crippen LogP contribution >= 0.6 is 0 Å². The monoisotopic (exact) mass is 275 g/mol. The van der Waals surface area contributed by atoms with E-state index in [-0.39, 0.29) is 5.56 Å². The van der Waals surface area contributed by atoms with Crippen LogP contribution in [-0.2, 0) is 0 Å². The molecule has 3 rings (SSSR count). The fraction of sp³-hybridized carbons (Fsp3) is 0.125. The van der Waals surface area contributed by atoms with Crippen molar-refractivity contribution < 1.29 is 13.2 Å². The Bertz CT molecular complexity index is 777. The van der Waals surface area contributed by atoms with Crippen molar-refractivity contribution in [3.63, 3.8) is 0 Å². The SMILES string of the molecule is N[C@H](c1ccc2c(ccc3ccccc32)c1)C(F)(F)F. The normalized spacial score (nSPS) is 13.8. The standard InChI is InChI=1S/C16H12F3N/c17-16(18,19)15(20)12-7-8-14-11(9-12)6-5-10-3-1-2-4-13(10)14/h1-9,15H,20H2/t15-/m1/s1. The van der Waals surface area contributed by atoms with Crippen molar-refractivity contribution in [2.45, 2.75) is 12.2 Å². The molecule has 102 valence electrons. The van der Waals surface area contributed by atoms with Gasteiger partial charge in [-0.25, -0.2) is 0 Å². The van der Waals surface area contributed by atoms with Crippen LogP contribution in [0, 0.1) is 0 Å². The highest BCUT2D eigenvalue weighted by molar-refractivity contribution is 6.07. The van der Waals surface area contributed by atoms with Gasteiger partial charge in [-0.15, -0.1) is 0 Å². The lowest BCUT2D eigenvalue weighted by molar-refractivity contribution is -0.149. The molecule has 0 radical (unpaired) electrons. The highest BCUT2D eigenvalue weighted by atomic mass is 19.4. The number of halogens is 3. The molecule has 20 heavy (non-hydrogen) atoms. The Balaban J connectivity index is 2.20. The van der Waals surface area contributed by atoms with Gasteiger partial charge in [-0.1, -0.05) is 48.5 Å². The van der Waals surface area contributed by atoms with E-state index in [1.165, 1.54) is 12.1 Å². The lowest BCUT2D eigenvalue weighted by Gasteiger charge is -2.16. The topological polar surface area (TPSA) is 26.0 Å². The summed E-state index contributed by atoms with van der Waals surface area (Å²) in [6.45, 7) is 0. The maximum Gasteiger partial charge on any atom is 0.407 e. The third kappa shape index (κ3) is 2.12. The molecule has 0 aliphatic carbocycles. The van der Waals surface area contributed by atoms with Crippen molar-refractivity contribution in [3.8, 4) is 0 Å². The van der Waals surface area contributed by atoms with Gasteiger partial charge in [-0.3, -0.25) is 0 Å². The summed E-state index contributed by atoms with van der Waals surface area (Å²) >= 11 is 0. The van der Waals surface area contributed by atoms with Crippen molar-refractivity contribution in [2.24, 2.45) is 5.73 Å². The van der Waals surface area contributed by atoms with Crippen LogP contribution in [0.1, 0.15) is 11.6 Å². The number of hydrogen-bond donors (Lipinski definition) is 1. The molecule has 0 saturated heterocycles. The Kier molecular flexibility index (Phi) is 2.91. The quantitative estimate of drug-likeness (QED) is 0.647. The van der Waals surface area contributed by atoms with E-state index in [0.717, 1.165) is 21.5 Å². The first-order valence-electron chi connectivity index (χ1n) is 6.20. The summed E-state index contributed by atoms with van der Waals surface area (Å²) in [4.78, 5) is 0. The molecule has 3 aromatic rings. The summed E-state index contributed by atoms with van der Waals surface area (Å²) < 4.78 is 38.0. The fourth-order valence-corrected chi connectivity index (χ4v) is 2.41. The van der Waals surface area contributed by atoms with Crippen LogP contribution in [0.25, 0.3) is 21.5 Å². The molecule has 0 aliphatic rings. The molecule has 0 bridgehead atoms. The average Bonchev–Trinajstić information content (AvgIpc) is 2.44. The summed E-state index contributed by atoms with van der Waals surface area (Å²) in [5, 5.41) is 3.78. The first-order valence-corrected chi connectivity index (χ1v) is 6.20. The number of rotatable bonds is 1. The zero-order chi connectivity index (χ0) is 14.3. The molecule has 0 aromatic heterocycles. The van der Waals surface area contributed by atoms with E-state index in [9.17, 15) is 13.2 Å². The number of alkyl halides is 3. The summed E-state index contributed by atoms with van der Waals surface area (Å²) in [5.74, 6) is 0. The molecule has 3 aromatic carbocycles. The van der Waals surface area contributed by atoms with Crippen molar-refractivity contribution in [3.05, 3.63) is 60.2 Å². The van der Waals surface area contributed by atoms with Gasteiger partial charge in [0.15, 0.2) is 0 Å². The summed E-state index contributed by atoms with van der Waals surface area (Å²) in [6.07, 6.45) is -4.43. The van der Waals surface area contributed by atoms with Crippen LogP contribution in [0.5, 0.6) is 0 Å². The Hall–Kier alpha value is -2.07. The van der Waals surface area contributed by atoms with Crippen LogP contribution in [0.15, 0.2) is 54.6 Å². The van der Waals surface area contributed by atoms with E-state index in [1.54, 1.807) is 6.07 Å². The lowest BCUT2D eigenvalue weighted by atomic mass is 9.98. The number of fused-ring (bicyclic) bond motifs is 3. The van der Waals surface area contributed by atoms with Gasteiger partial charge < -0.3 is 5.73 Å². The second-order valence-corrected chi connectivity index (χ2v) is 4.79. The number of nitrogens with two attached hydrogens (primary N) is 1. The first kappa shape index (κ1) is 12.9. The molecule has 0 aliphatic heterocycles. The molecule has 2 N–H and O–H groups in total. The van der Waals surface area contributed by atoms with E-state index in [1.807, 2.05) is 36.4 Å². The summed E-state index contributed by atoms with van der Waals surface area (Å²) in [6, 6.07) is 14.2. The maximum absolute atomic E-state index is 12.7. The van der Waals surface area contributed by atoms with E-state index >= 15 is 0 Å². The molecule has 0 saturated carbocycles. The number of benzene rings is 3.